The lowest BCUT2D eigenvalue weighted by Gasteiger charge is -2.14. The summed E-state index contributed by atoms with van der Waals surface area (Å²) in [5.41, 5.74) is 5.85. The van der Waals surface area contributed by atoms with E-state index in [4.69, 9.17) is 5.73 Å². The topological polar surface area (TPSA) is 107 Å². The van der Waals surface area contributed by atoms with Gasteiger partial charge >= 0.3 is 0 Å². The van der Waals surface area contributed by atoms with Gasteiger partial charge < -0.3 is 5.73 Å². The fourth-order valence-electron chi connectivity index (χ4n) is 2.21. The van der Waals surface area contributed by atoms with Crippen LogP contribution in [0.25, 0.3) is 0 Å². The molecular formula is C13H15N3O4. The standard InChI is InChI=1S/C13H15N3O4/c1-7-8(2)13(18)15(12(7)17)6-9-3-4-10(14)11(5-9)16(19)20/h3-5,7-8H,6,14H2,1-2H3. The van der Waals surface area contributed by atoms with Crippen molar-refractivity contribution in [3.63, 3.8) is 0 Å². The maximum absolute atomic E-state index is 12.0. The fourth-order valence-corrected chi connectivity index (χ4v) is 2.21. The van der Waals surface area contributed by atoms with Gasteiger partial charge in [0.1, 0.15) is 5.69 Å². The Labute approximate surface area is 115 Å². The Morgan fingerprint density at radius 1 is 1.25 bits per heavy atom. The summed E-state index contributed by atoms with van der Waals surface area (Å²) in [7, 11) is 0. The Morgan fingerprint density at radius 3 is 2.30 bits per heavy atom. The van der Waals surface area contributed by atoms with E-state index in [2.05, 4.69) is 0 Å². The number of nitrogens with zero attached hydrogens (tertiary/aromatic N) is 2. The molecule has 0 aromatic heterocycles. The molecule has 1 aromatic rings. The second-order valence-electron chi connectivity index (χ2n) is 4.99. The van der Waals surface area contributed by atoms with Gasteiger partial charge in [0.2, 0.25) is 11.8 Å². The monoisotopic (exact) mass is 277 g/mol. The van der Waals surface area contributed by atoms with Gasteiger partial charge in [-0.05, 0) is 11.6 Å². The molecule has 106 valence electrons. The average molecular weight is 277 g/mol. The van der Waals surface area contributed by atoms with Gasteiger partial charge in [-0.2, -0.15) is 0 Å². The molecule has 1 aliphatic heterocycles. The van der Waals surface area contributed by atoms with Crippen LogP contribution in [0.5, 0.6) is 0 Å². The molecule has 7 heteroatoms. The molecule has 1 saturated heterocycles. The molecule has 1 aliphatic rings. The first kappa shape index (κ1) is 14.0. The third-order valence-corrected chi connectivity index (χ3v) is 3.69. The van der Waals surface area contributed by atoms with Crippen molar-refractivity contribution in [2.24, 2.45) is 11.8 Å². The lowest BCUT2D eigenvalue weighted by molar-refractivity contribution is -0.384. The van der Waals surface area contributed by atoms with Crippen LogP contribution in [0, 0.1) is 22.0 Å². The van der Waals surface area contributed by atoms with Gasteiger partial charge in [-0.15, -0.1) is 0 Å². The summed E-state index contributed by atoms with van der Waals surface area (Å²) in [6.45, 7) is 3.44. The van der Waals surface area contributed by atoms with E-state index in [9.17, 15) is 19.7 Å². The average Bonchev–Trinajstić information content (AvgIpc) is 2.58. The summed E-state index contributed by atoms with van der Waals surface area (Å²) in [5.74, 6) is -1.21. The van der Waals surface area contributed by atoms with Crippen LogP contribution in [0.3, 0.4) is 0 Å². The van der Waals surface area contributed by atoms with E-state index >= 15 is 0 Å². The first-order chi connectivity index (χ1) is 9.32. The van der Waals surface area contributed by atoms with E-state index in [0.717, 1.165) is 4.90 Å². The van der Waals surface area contributed by atoms with Crippen molar-refractivity contribution in [1.29, 1.82) is 0 Å². The predicted molar refractivity (Wildman–Crippen MR) is 71.4 cm³/mol. The molecule has 0 radical (unpaired) electrons. The SMILES string of the molecule is CC1C(=O)N(Cc2ccc(N)c([N+](=O)[O-])c2)C(=O)C1C. The summed E-state index contributed by atoms with van der Waals surface area (Å²) in [6.07, 6.45) is 0. The Morgan fingerprint density at radius 2 is 1.80 bits per heavy atom. The van der Waals surface area contributed by atoms with Crippen LogP contribution < -0.4 is 5.73 Å². The summed E-state index contributed by atoms with van der Waals surface area (Å²) in [4.78, 5) is 35.3. The second kappa shape index (κ2) is 4.92. The predicted octanol–water partition coefficient (Wildman–Crippen LogP) is 1.32. The summed E-state index contributed by atoms with van der Waals surface area (Å²) < 4.78 is 0. The molecule has 0 bridgehead atoms. The zero-order valence-corrected chi connectivity index (χ0v) is 11.2. The minimum Gasteiger partial charge on any atom is -0.393 e. The molecule has 0 aliphatic carbocycles. The van der Waals surface area contributed by atoms with Crippen molar-refractivity contribution in [3.05, 3.63) is 33.9 Å². The zero-order chi connectivity index (χ0) is 15.0. The van der Waals surface area contributed by atoms with E-state index in [-0.39, 0.29) is 41.6 Å². The molecule has 2 amide bonds. The van der Waals surface area contributed by atoms with Crippen LogP contribution >= 0.6 is 0 Å². The lowest BCUT2D eigenvalue weighted by atomic mass is 10.00. The highest BCUT2D eigenvalue weighted by Gasteiger charge is 2.42. The number of carbonyl (C=O) groups is 2. The van der Waals surface area contributed by atoms with Gasteiger partial charge in [0.15, 0.2) is 0 Å². The van der Waals surface area contributed by atoms with Gasteiger partial charge in [0.25, 0.3) is 5.69 Å². The number of imide groups is 1. The smallest absolute Gasteiger partial charge is 0.292 e. The van der Waals surface area contributed by atoms with Crippen LogP contribution in [0.2, 0.25) is 0 Å². The normalized spacial score (nSPS) is 22.4. The van der Waals surface area contributed by atoms with E-state index in [1.807, 2.05) is 0 Å². The molecule has 2 N–H and O–H groups in total. The lowest BCUT2D eigenvalue weighted by Crippen LogP contribution is -2.30. The number of hydrogen-bond acceptors (Lipinski definition) is 5. The number of anilines is 1. The molecule has 2 atom stereocenters. The number of nitrogen functional groups attached to an aromatic ring is 1. The third-order valence-electron chi connectivity index (χ3n) is 3.69. The summed E-state index contributed by atoms with van der Waals surface area (Å²) in [5, 5.41) is 10.8. The minimum absolute atomic E-state index is 0.0352. The van der Waals surface area contributed by atoms with Crippen molar-refractivity contribution >= 4 is 23.2 Å². The fraction of sp³-hybridized carbons (Fsp3) is 0.385. The molecule has 0 saturated carbocycles. The Hall–Kier alpha value is -2.44. The van der Waals surface area contributed by atoms with Crippen molar-refractivity contribution in [2.45, 2.75) is 20.4 Å². The zero-order valence-electron chi connectivity index (χ0n) is 11.2. The molecule has 20 heavy (non-hydrogen) atoms. The van der Waals surface area contributed by atoms with E-state index in [1.165, 1.54) is 12.1 Å². The molecule has 1 fully saturated rings. The maximum atomic E-state index is 12.0. The molecule has 0 spiro atoms. The minimum atomic E-state index is -0.586. The number of nitrogens with two attached hydrogens (primary N) is 1. The van der Waals surface area contributed by atoms with Crippen molar-refractivity contribution in [3.8, 4) is 0 Å². The summed E-state index contributed by atoms with van der Waals surface area (Å²) in [6, 6.07) is 4.28. The number of nitro benzene ring substituents is 1. The quantitative estimate of drug-likeness (QED) is 0.388. The Balaban J connectivity index is 2.27. The molecule has 2 rings (SSSR count). The largest absolute Gasteiger partial charge is 0.393 e. The van der Waals surface area contributed by atoms with E-state index < -0.39 is 4.92 Å². The molecular weight excluding hydrogens is 262 g/mol. The first-order valence-electron chi connectivity index (χ1n) is 6.21. The van der Waals surface area contributed by atoms with Crippen molar-refractivity contribution < 1.29 is 14.5 Å². The third kappa shape index (κ3) is 2.22. The van der Waals surface area contributed by atoms with Gasteiger partial charge in [0.05, 0.1) is 11.5 Å². The highest BCUT2D eigenvalue weighted by atomic mass is 16.6. The van der Waals surface area contributed by atoms with Crippen LogP contribution in [0.15, 0.2) is 18.2 Å². The highest BCUT2D eigenvalue weighted by molar-refractivity contribution is 6.04. The van der Waals surface area contributed by atoms with Crippen LogP contribution in [0.1, 0.15) is 19.4 Å². The maximum Gasteiger partial charge on any atom is 0.292 e. The van der Waals surface area contributed by atoms with Crippen molar-refractivity contribution in [2.75, 3.05) is 5.73 Å². The number of amides is 2. The molecule has 1 aromatic carbocycles. The number of benzene rings is 1. The number of nitro groups is 1. The van der Waals surface area contributed by atoms with E-state index in [1.54, 1.807) is 19.9 Å². The first-order valence-corrected chi connectivity index (χ1v) is 6.21. The van der Waals surface area contributed by atoms with E-state index in [0.29, 0.717) is 5.56 Å². The molecule has 2 unspecified atom stereocenters. The van der Waals surface area contributed by atoms with Crippen LogP contribution in [-0.2, 0) is 16.1 Å². The Bertz CT molecular complexity index is 579. The van der Waals surface area contributed by atoms with Gasteiger partial charge in [-0.25, -0.2) is 0 Å². The number of rotatable bonds is 3. The van der Waals surface area contributed by atoms with Crippen molar-refractivity contribution in [1.82, 2.24) is 4.90 Å². The summed E-state index contributed by atoms with van der Waals surface area (Å²) >= 11 is 0. The Kier molecular flexibility index (Phi) is 3.44. The van der Waals surface area contributed by atoms with Gasteiger partial charge in [-0.3, -0.25) is 24.6 Å². The van der Waals surface area contributed by atoms with Gasteiger partial charge in [0, 0.05) is 17.9 Å². The highest BCUT2D eigenvalue weighted by Crippen LogP contribution is 2.28. The second-order valence-corrected chi connectivity index (χ2v) is 4.99. The molecule has 7 nitrogen and oxygen atoms in total. The van der Waals surface area contributed by atoms with Crippen LogP contribution in [-0.4, -0.2) is 21.6 Å². The number of hydrogen-bond donors (Lipinski definition) is 1. The van der Waals surface area contributed by atoms with Gasteiger partial charge in [-0.1, -0.05) is 19.9 Å². The number of likely N-dealkylation sites (tertiary alicyclic amines) is 1. The van der Waals surface area contributed by atoms with Crippen LogP contribution in [0.4, 0.5) is 11.4 Å². The number of carbonyl (C=O) groups excluding carboxylic acids is 2. The molecule has 1 heterocycles.